The number of nitrogens with zero attached hydrogens (tertiary/aromatic N) is 4. The van der Waals surface area contributed by atoms with E-state index < -0.39 is 10.0 Å². The third kappa shape index (κ3) is 6.41. The Bertz CT molecular complexity index is 1390. The molecule has 7 nitrogen and oxygen atoms in total. The van der Waals surface area contributed by atoms with Crippen LogP contribution in [0.2, 0.25) is 5.02 Å². The van der Waals surface area contributed by atoms with Gasteiger partial charge in [0.25, 0.3) is 0 Å². The zero-order chi connectivity index (χ0) is 30.1. The molecule has 0 aromatic heterocycles. The molecule has 0 bridgehead atoms. The van der Waals surface area contributed by atoms with Crippen LogP contribution in [0.15, 0.2) is 41.3 Å². The normalized spacial score (nSPS) is 22.8. The number of rotatable bonds is 7. The van der Waals surface area contributed by atoms with E-state index >= 15 is 0 Å². The molecular weight excluding hydrogens is 575 g/mol. The first-order valence-electron chi connectivity index (χ1n) is 15.3. The summed E-state index contributed by atoms with van der Waals surface area (Å²) in [6.45, 7) is 9.05. The number of hydrogen-bond acceptors (Lipinski definition) is 5. The molecule has 0 N–H and O–H groups in total. The van der Waals surface area contributed by atoms with Crippen LogP contribution < -0.4 is 0 Å². The van der Waals surface area contributed by atoms with E-state index in [2.05, 4.69) is 16.8 Å². The first-order valence-corrected chi connectivity index (χ1v) is 17.1. The van der Waals surface area contributed by atoms with Gasteiger partial charge in [0.05, 0.1) is 4.90 Å². The topological polar surface area (TPSA) is 64.2 Å². The van der Waals surface area contributed by atoms with Gasteiger partial charge in [-0.25, -0.2) is 12.8 Å². The van der Waals surface area contributed by atoms with Crippen molar-refractivity contribution in [3.63, 3.8) is 0 Å². The standard InChI is InChI=1S/C32H44ClFN4O3S/c1-24-22-30(25(2)21-29(24)33)42(40,41)38-14-5-4-9-28(38)10-11-31(39)36-15-12-32(13-16-36,26-7-6-8-27(34)23-26)37-19-17-35(3)18-20-37/h6-8,21-23,28H,4-5,9-20H2,1-3H3. The predicted octanol–water partition coefficient (Wildman–Crippen LogP) is 5.18. The summed E-state index contributed by atoms with van der Waals surface area (Å²) in [4.78, 5) is 20.5. The van der Waals surface area contributed by atoms with Crippen molar-refractivity contribution in [2.45, 2.75) is 75.3 Å². The van der Waals surface area contributed by atoms with E-state index in [9.17, 15) is 17.6 Å². The Morgan fingerprint density at radius 3 is 2.38 bits per heavy atom. The maximum atomic E-state index is 14.3. The Hall–Kier alpha value is -2.04. The van der Waals surface area contributed by atoms with Crippen molar-refractivity contribution < 1.29 is 17.6 Å². The first kappa shape index (κ1) is 31.4. The Morgan fingerprint density at radius 1 is 0.976 bits per heavy atom. The van der Waals surface area contributed by atoms with Crippen LogP contribution >= 0.6 is 11.6 Å². The second-order valence-corrected chi connectivity index (χ2v) is 14.7. The number of halogens is 2. The van der Waals surface area contributed by atoms with E-state index in [1.54, 1.807) is 35.5 Å². The number of likely N-dealkylation sites (N-methyl/N-ethyl adjacent to an activating group) is 1. The van der Waals surface area contributed by atoms with Crippen molar-refractivity contribution in [2.75, 3.05) is 52.9 Å². The fourth-order valence-electron chi connectivity index (χ4n) is 7.11. The Morgan fingerprint density at radius 2 is 1.69 bits per heavy atom. The molecule has 3 heterocycles. The number of hydrogen-bond donors (Lipinski definition) is 0. The molecule has 3 fully saturated rings. The lowest BCUT2D eigenvalue weighted by Gasteiger charge is -2.51. The van der Waals surface area contributed by atoms with Crippen LogP contribution in [0.1, 0.15) is 61.6 Å². The van der Waals surface area contributed by atoms with E-state index in [-0.39, 0.29) is 23.3 Å². The lowest BCUT2D eigenvalue weighted by molar-refractivity contribution is -0.135. The van der Waals surface area contributed by atoms with E-state index in [1.165, 1.54) is 6.07 Å². The van der Waals surface area contributed by atoms with Gasteiger partial charge in [0.15, 0.2) is 0 Å². The molecule has 5 rings (SSSR count). The SMILES string of the molecule is Cc1cc(S(=O)(=O)N2CCCCC2CCC(=O)N2CCC(c3cccc(F)c3)(N3CCN(C)CC3)CC2)c(C)cc1Cl. The molecule has 2 aromatic rings. The van der Waals surface area contributed by atoms with Crippen LogP contribution in [0, 0.1) is 19.7 Å². The van der Waals surface area contributed by atoms with Crippen molar-refractivity contribution >= 4 is 27.5 Å². The van der Waals surface area contributed by atoms with Gasteiger partial charge in [-0.1, -0.05) is 30.2 Å². The number of amides is 1. The van der Waals surface area contributed by atoms with Crippen LogP contribution in [0.4, 0.5) is 4.39 Å². The zero-order valence-corrected chi connectivity index (χ0v) is 26.7. The van der Waals surface area contributed by atoms with Gasteiger partial charge < -0.3 is 9.80 Å². The monoisotopic (exact) mass is 618 g/mol. The molecule has 0 radical (unpaired) electrons. The van der Waals surface area contributed by atoms with E-state index in [1.807, 2.05) is 17.9 Å². The van der Waals surface area contributed by atoms with Gasteiger partial charge in [-0.15, -0.1) is 0 Å². The van der Waals surface area contributed by atoms with Crippen LogP contribution in [0.25, 0.3) is 0 Å². The highest BCUT2D eigenvalue weighted by molar-refractivity contribution is 7.89. The fraction of sp³-hybridized carbons (Fsp3) is 0.594. The highest BCUT2D eigenvalue weighted by Gasteiger charge is 2.43. The summed E-state index contributed by atoms with van der Waals surface area (Å²) < 4.78 is 43.5. The number of carbonyl (C=O) groups is 1. The quantitative estimate of drug-likeness (QED) is 0.428. The third-order valence-electron chi connectivity index (χ3n) is 9.72. The largest absolute Gasteiger partial charge is 0.343 e. The summed E-state index contributed by atoms with van der Waals surface area (Å²) in [6.07, 6.45) is 4.86. The average Bonchev–Trinajstić information content (AvgIpc) is 2.98. The molecule has 3 saturated heterocycles. The van der Waals surface area contributed by atoms with Crippen molar-refractivity contribution in [3.8, 4) is 0 Å². The average molecular weight is 619 g/mol. The lowest BCUT2D eigenvalue weighted by Crippen LogP contribution is -2.59. The maximum absolute atomic E-state index is 14.3. The van der Waals surface area contributed by atoms with Gasteiger partial charge in [0.2, 0.25) is 15.9 Å². The molecule has 42 heavy (non-hydrogen) atoms. The van der Waals surface area contributed by atoms with Gasteiger partial charge in [-0.05, 0) is 94.0 Å². The lowest BCUT2D eigenvalue weighted by atomic mass is 9.78. The summed E-state index contributed by atoms with van der Waals surface area (Å²) in [5.41, 5.74) is 2.08. The Kier molecular flexibility index (Phi) is 9.64. The number of piperidine rings is 2. The Labute approximate surface area is 255 Å². The molecule has 0 aliphatic carbocycles. The van der Waals surface area contributed by atoms with Crippen molar-refractivity contribution in [1.29, 1.82) is 0 Å². The van der Waals surface area contributed by atoms with Gasteiger partial charge in [-0.2, -0.15) is 4.31 Å². The molecule has 3 aliphatic heterocycles. The van der Waals surface area contributed by atoms with Crippen LogP contribution in [0.3, 0.4) is 0 Å². The number of piperazine rings is 1. The van der Waals surface area contributed by atoms with Crippen molar-refractivity contribution in [3.05, 3.63) is 63.9 Å². The molecule has 1 unspecified atom stereocenters. The number of carbonyl (C=O) groups excluding carboxylic acids is 1. The van der Waals surface area contributed by atoms with Gasteiger partial charge in [0, 0.05) is 68.8 Å². The molecule has 3 aliphatic rings. The van der Waals surface area contributed by atoms with Crippen LogP contribution in [0.5, 0.6) is 0 Å². The minimum absolute atomic E-state index is 0.0719. The molecule has 10 heteroatoms. The van der Waals surface area contributed by atoms with Gasteiger partial charge in [-0.3, -0.25) is 9.69 Å². The maximum Gasteiger partial charge on any atom is 0.243 e. The molecule has 1 amide bonds. The van der Waals surface area contributed by atoms with Gasteiger partial charge >= 0.3 is 0 Å². The smallest absolute Gasteiger partial charge is 0.243 e. The van der Waals surface area contributed by atoms with Crippen LogP contribution in [-0.2, 0) is 20.4 Å². The first-order chi connectivity index (χ1) is 20.0. The van der Waals surface area contributed by atoms with E-state index in [0.29, 0.717) is 48.0 Å². The zero-order valence-electron chi connectivity index (χ0n) is 25.1. The van der Waals surface area contributed by atoms with E-state index in [4.69, 9.17) is 11.6 Å². The third-order valence-corrected chi connectivity index (χ3v) is 12.2. The molecule has 2 aromatic carbocycles. The number of sulfonamides is 1. The second-order valence-electron chi connectivity index (χ2n) is 12.4. The minimum Gasteiger partial charge on any atom is -0.343 e. The molecule has 0 spiro atoms. The van der Waals surface area contributed by atoms with Crippen molar-refractivity contribution in [1.82, 2.24) is 19.0 Å². The van der Waals surface area contributed by atoms with E-state index in [0.717, 1.165) is 69.4 Å². The molecule has 1 atom stereocenters. The highest BCUT2D eigenvalue weighted by Crippen LogP contribution is 2.40. The number of aryl methyl sites for hydroxylation is 2. The number of likely N-dealkylation sites (tertiary alicyclic amines) is 1. The van der Waals surface area contributed by atoms with Crippen LogP contribution in [-0.4, -0.2) is 92.2 Å². The summed E-state index contributed by atoms with van der Waals surface area (Å²) in [5, 5.41) is 0.558. The fourth-order valence-corrected chi connectivity index (χ4v) is 9.35. The summed E-state index contributed by atoms with van der Waals surface area (Å²) in [7, 11) is -1.58. The molecule has 230 valence electrons. The molecular formula is C32H44ClFN4O3S. The summed E-state index contributed by atoms with van der Waals surface area (Å²) in [6, 6.07) is 10.2. The summed E-state index contributed by atoms with van der Waals surface area (Å²) >= 11 is 6.25. The minimum atomic E-state index is -3.71. The second kappa shape index (κ2) is 12.9. The summed E-state index contributed by atoms with van der Waals surface area (Å²) in [5.74, 6) is -0.155. The highest BCUT2D eigenvalue weighted by atomic mass is 35.5. The number of benzene rings is 2. The van der Waals surface area contributed by atoms with Gasteiger partial charge in [0.1, 0.15) is 5.82 Å². The predicted molar refractivity (Wildman–Crippen MR) is 165 cm³/mol. The van der Waals surface area contributed by atoms with Crippen molar-refractivity contribution in [2.24, 2.45) is 0 Å². The molecule has 0 saturated carbocycles. The Balaban J connectivity index is 1.26.